The van der Waals surface area contributed by atoms with Gasteiger partial charge in [0.15, 0.2) is 0 Å². The normalized spacial score (nSPS) is 19.4. The Labute approximate surface area is 166 Å². The number of fused-ring (bicyclic) bond motifs is 1. The van der Waals surface area contributed by atoms with E-state index in [0.29, 0.717) is 36.3 Å². The molecule has 0 saturated carbocycles. The third kappa shape index (κ3) is 4.13. The molecular weight excluding hydrogens is 374 g/mol. The molecule has 1 aliphatic rings. The minimum atomic E-state index is -0.394. The van der Waals surface area contributed by atoms with Crippen LogP contribution in [0, 0.1) is 6.92 Å². The highest BCUT2D eigenvalue weighted by atomic mass is 16.5. The van der Waals surface area contributed by atoms with E-state index in [0.717, 1.165) is 17.4 Å². The first-order valence-electron chi connectivity index (χ1n) is 9.29. The van der Waals surface area contributed by atoms with Gasteiger partial charge in [-0.25, -0.2) is 4.79 Å². The summed E-state index contributed by atoms with van der Waals surface area (Å²) >= 11 is 0. The molecule has 3 heterocycles. The summed E-state index contributed by atoms with van der Waals surface area (Å²) in [5.74, 6) is 0.738. The quantitative estimate of drug-likeness (QED) is 0.543. The van der Waals surface area contributed by atoms with Crippen LogP contribution in [0.1, 0.15) is 12.0 Å². The summed E-state index contributed by atoms with van der Waals surface area (Å²) in [5, 5.41) is 3.98. The zero-order chi connectivity index (χ0) is 20.5. The van der Waals surface area contributed by atoms with Crippen molar-refractivity contribution in [2.24, 2.45) is 11.5 Å². The summed E-state index contributed by atoms with van der Waals surface area (Å²) in [6, 6.07) is 7.00. The Morgan fingerprint density at radius 1 is 1.17 bits per heavy atom. The largest absolute Gasteiger partial charge is 0.467 e. The molecule has 1 aromatic carbocycles. The molecular formula is C19H23N7O3. The van der Waals surface area contributed by atoms with Gasteiger partial charge in [-0.15, -0.1) is 0 Å². The third-order valence-corrected chi connectivity index (χ3v) is 4.79. The van der Waals surface area contributed by atoms with Crippen molar-refractivity contribution in [1.29, 1.82) is 0 Å². The maximum absolute atomic E-state index is 11.7. The van der Waals surface area contributed by atoms with Crippen LogP contribution >= 0.6 is 0 Å². The van der Waals surface area contributed by atoms with Gasteiger partial charge < -0.3 is 30.8 Å². The number of benzene rings is 1. The predicted molar refractivity (Wildman–Crippen MR) is 110 cm³/mol. The van der Waals surface area contributed by atoms with Gasteiger partial charge in [0.25, 0.3) is 0 Å². The van der Waals surface area contributed by atoms with Crippen molar-refractivity contribution in [2.45, 2.75) is 25.4 Å². The molecule has 0 amide bonds. The van der Waals surface area contributed by atoms with Crippen molar-refractivity contribution < 1.29 is 9.15 Å². The first-order chi connectivity index (χ1) is 13.9. The van der Waals surface area contributed by atoms with E-state index in [2.05, 4.69) is 20.3 Å². The molecule has 29 heavy (non-hydrogen) atoms. The molecule has 3 aromatic rings. The lowest BCUT2D eigenvalue weighted by Crippen LogP contribution is -2.52. The summed E-state index contributed by atoms with van der Waals surface area (Å²) in [6.45, 7) is 3.06. The third-order valence-electron chi connectivity index (χ3n) is 4.79. The maximum atomic E-state index is 11.7. The van der Waals surface area contributed by atoms with Gasteiger partial charge >= 0.3 is 11.6 Å². The van der Waals surface area contributed by atoms with Crippen molar-refractivity contribution in [2.75, 3.05) is 30.4 Å². The van der Waals surface area contributed by atoms with E-state index < -0.39 is 5.63 Å². The topological polar surface area (TPSA) is 145 Å². The van der Waals surface area contributed by atoms with Gasteiger partial charge in [0.1, 0.15) is 5.58 Å². The summed E-state index contributed by atoms with van der Waals surface area (Å²) < 4.78 is 10.5. The molecule has 1 aliphatic heterocycles. The minimum absolute atomic E-state index is 0.0513. The van der Waals surface area contributed by atoms with Crippen molar-refractivity contribution in [1.82, 2.24) is 15.0 Å². The molecule has 1 saturated heterocycles. The molecule has 2 atom stereocenters. The lowest BCUT2D eigenvalue weighted by atomic mass is 10.0. The summed E-state index contributed by atoms with van der Waals surface area (Å²) in [5.41, 5.74) is 13.8. The monoisotopic (exact) mass is 397 g/mol. The number of nitrogens with two attached hydrogens (primary N) is 2. The van der Waals surface area contributed by atoms with Crippen molar-refractivity contribution in [3.05, 3.63) is 40.2 Å². The molecule has 0 unspecified atom stereocenters. The van der Waals surface area contributed by atoms with E-state index in [1.807, 2.05) is 24.0 Å². The van der Waals surface area contributed by atoms with Crippen molar-refractivity contribution in [3.63, 3.8) is 0 Å². The van der Waals surface area contributed by atoms with E-state index in [1.165, 1.54) is 13.2 Å². The second kappa shape index (κ2) is 7.64. The Hall–Kier alpha value is -3.24. The molecule has 2 aromatic heterocycles. The smallest absolute Gasteiger partial charge is 0.336 e. The van der Waals surface area contributed by atoms with Crippen LogP contribution < -0.4 is 32.0 Å². The second-order valence-corrected chi connectivity index (χ2v) is 7.19. The van der Waals surface area contributed by atoms with Gasteiger partial charge in [0.05, 0.1) is 7.11 Å². The predicted octanol–water partition coefficient (Wildman–Crippen LogP) is 0.903. The molecule has 152 valence electrons. The Morgan fingerprint density at radius 2 is 1.93 bits per heavy atom. The first-order valence-corrected chi connectivity index (χ1v) is 9.29. The number of hydrogen-bond acceptors (Lipinski definition) is 10. The maximum Gasteiger partial charge on any atom is 0.336 e. The molecule has 0 spiro atoms. The molecule has 0 bridgehead atoms. The number of nitrogens with zero attached hydrogens (tertiary/aromatic N) is 4. The van der Waals surface area contributed by atoms with Crippen molar-refractivity contribution in [3.8, 4) is 6.01 Å². The zero-order valence-electron chi connectivity index (χ0n) is 16.3. The fourth-order valence-corrected chi connectivity index (χ4v) is 3.51. The first kappa shape index (κ1) is 19.1. The molecule has 10 nitrogen and oxygen atoms in total. The van der Waals surface area contributed by atoms with Crippen molar-refractivity contribution >= 4 is 28.6 Å². The average molecular weight is 397 g/mol. The summed E-state index contributed by atoms with van der Waals surface area (Å²) in [6.07, 6.45) is 0.755. The highest BCUT2D eigenvalue weighted by molar-refractivity contribution is 5.83. The fourth-order valence-electron chi connectivity index (χ4n) is 3.51. The Bertz CT molecular complexity index is 1090. The van der Waals surface area contributed by atoms with Gasteiger partial charge in [-0.1, -0.05) is 0 Å². The molecule has 1 fully saturated rings. The zero-order valence-corrected chi connectivity index (χ0v) is 16.3. The van der Waals surface area contributed by atoms with Gasteiger partial charge in [-0.05, 0) is 31.0 Å². The lowest BCUT2D eigenvalue weighted by molar-refractivity contribution is 0.376. The van der Waals surface area contributed by atoms with E-state index in [-0.39, 0.29) is 18.1 Å². The minimum Gasteiger partial charge on any atom is -0.467 e. The summed E-state index contributed by atoms with van der Waals surface area (Å²) in [7, 11) is 1.49. The average Bonchev–Trinajstić information content (AvgIpc) is 2.66. The number of ether oxygens (including phenoxy) is 1. The van der Waals surface area contributed by atoms with Gasteiger partial charge in [-0.3, -0.25) is 0 Å². The van der Waals surface area contributed by atoms with Crippen LogP contribution in [0.25, 0.3) is 11.0 Å². The second-order valence-electron chi connectivity index (χ2n) is 7.19. The fraction of sp³-hybridized carbons (Fsp3) is 0.368. The number of aryl methyl sites for hydroxylation is 1. The van der Waals surface area contributed by atoms with Gasteiger partial charge in [-0.2, -0.15) is 15.0 Å². The molecule has 5 N–H and O–H groups in total. The molecule has 4 rings (SSSR count). The highest BCUT2D eigenvalue weighted by Crippen LogP contribution is 2.24. The Kier molecular flexibility index (Phi) is 5.03. The Morgan fingerprint density at radius 3 is 2.66 bits per heavy atom. The van der Waals surface area contributed by atoms with Crippen LogP contribution in [0.15, 0.2) is 33.5 Å². The van der Waals surface area contributed by atoms with Crippen LogP contribution in [-0.4, -0.2) is 47.2 Å². The highest BCUT2D eigenvalue weighted by Gasteiger charge is 2.25. The molecule has 0 aliphatic carbocycles. The Balaban J connectivity index is 1.66. The number of nitrogens with one attached hydrogen (secondary N) is 1. The van der Waals surface area contributed by atoms with Crippen LogP contribution in [0.5, 0.6) is 6.01 Å². The van der Waals surface area contributed by atoms with Gasteiger partial charge in [0, 0.05) is 48.4 Å². The number of aromatic nitrogens is 3. The number of methoxy groups -OCH3 is 1. The van der Waals surface area contributed by atoms with E-state index in [1.54, 1.807) is 6.07 Å². The molecule has 10 heteroatoms. The molecule has 0 radical (unpaired) electrons. The van der Waals surface area contributed by atoms with Crippen LogP contribution in [0.3, 0.4) is 0 Å². The van der Waals surface area contributed by atoms with Crippen LogP contribution in [-0.2, 0) is 0 Å². The van der Waals surface area contributed by atoms with Gasteiger partial charge in [0.2, 0.25) is 11.9 Å². The number of hydrogen-bond donors (Lipinski definition) is 3. The standard InChI is InChI=1S/C19H23N7O3/c1-10-5-16(27)29-15-7-13(3-4-14(10)15)22-17-23-18(25-19(24-17)28-2)26-8-11(20)6-12(21)9-26/h3-5,7,11-12H,6,8-9,20-21H2,1-2H3,(H,22,23,24,25)/t11-,12+. The SMILES string of the molecule is COc1nc(Nc2ccc3c(C)cc(=O)oc3c2)nc(N2C[C@H](N)C[C@H](N)C2)n1. The van der Waals surface area contributed by atoms with Crippen LogP contribution in [0.2, 0.25) is 0 Å². The summed E-state index contributed by atoms with van der Waals surface area (Å²) in [4.78, 5) is 26.7. The van der Waals surface area contributed by atoms with Crippen LogP contribution in [0.4, 0.5) is 17.6 Å². The number of piperidine rings is 1. The van der Waals surface area contributed by atoms with E-state index in [4.69, 9.17) is 20.6 Å². The number of rotatable bonds is 4. The lowest BCUT2D eigenvalue weighted by Gasteiger charge is -2.34. The van der Waals surface area contributed by atoms with E-state index >= 15 is 0 Å². The number of anilines is 3. The van der Waals surface area contributed by atoms with E-state index in [9.17, 15) is 4.79 Å².